The smallest absolute Gasteiger partial charge is 0.196 e. The third-order valence-electron chi connectivity index (χ3n) is 3.18. The molecule has 0 fully saturated rings. The van der Waals surface area contributed by atoms with Gasteiger partial charge in [-0.05, 0) is 18.6 Å². The number of aryl methyl sites for hydroxylation is 3. The highest BCUT2D eigenvalue weighted by atomic mass is 15.0. The van der Waals surface area contributed by atoms with Crippen LogP contribution in [0.25, 0.3) is 10.9 Å². The van der Waals surface area contributed by atoms with Crippen molar-refractivity contribution in [2.24, 2.45) is 0 Å². The summed E-state index contributed by atoms with van der Waals surface area (Å²) < 4.78 is 2.45. The molecule has 1 nitrogen and oxygen atoms in total. The fourth-order valence-electron chi connectivity index (χ4n) is 2.47. The van der Waals surface area contributed by atoms with Gasteiger partial charge in [-0.25, -0.2) is 0 Å². The number of nitrogens with zero attached hydrogens (tertiary/aromatic N) is 1. The lowest BCUT2D eigenvalue weighted by Gasteiger charge is -2.12. The van der Waals surface area contributed by atoms with E-state index in [1.54, 1.807) is 0 Å². The van der Waals surface area contributed by atoms with E-state index in [9.17, 15) is 0 Å². The van der Waals surface area contributed by atoms with Gasteiger partial charge in [0.05, 0.1) is 0 Å². The molecule has 14 heavy (non-hydrogen) atoms. The largest absolute Gasteiger partial charge is 0.215 e. The van der Waals surface area contributed by atoms with Gasteiger partial charge in [0, 0.05) is 30.4 Å². The predicted octanol–water partition coefficient (Wildman–Crippen LogP) is 2.38. The van der Waals surface area contributed by atoms with E-state index in [-0.39, 0.29) is 0 Å². The Morgan fingerprint density at radius 1 is 1.14 bits per heavy atom. The van der Waals surface area contributed by atoms with Crippen molar-refractivity contribution < 1.29 is 4.57 Å². The van der Waals surface area contributed by atoms with E-state index in [4.69, 9.17) is 0 Å². The monoisotopic (exact) mass is 184 g/mol. The zero-order valence-corrected chi connectivity index (χ0v) is 8.46. The first-order valence-corrected chi connectivity index (χ1v) is 5.27. The topological polar surface area (TPSA) is 3.88 Å². The first-order valence-electron chi connectivity index (χ1n) is 5.27. The molecule has 70 valence electrons. The molecule has 0 unspecified atom stereocenters. The summed E-state index contributed by atoms with van der Waals surface area (Å²) in [4.78, 5) is 0. The molecule has 1 aliphatic heterocycles. The molecular weight excluding hydrogens is 170 g/mol. The third-order valence-corrected chi connectivity index (χ3v) is 3.18. The van der Waals surface area contributed by atoms with Crippen LogP contribution in [0.15, 0.2) is 30.3 Å². The predicted molar refractivity (Wildman–Crippen MR) is 57.2 cm³/mol. The van der Waals surface area contributed by atoms with Crippen molar-refractivity contribution >= 4 is 10.9 Å². The normalized spacial score (nSPS) is 14.6. The van der Waals surface area contributed by atoms with Crippen LogP contribution in [0.5, 0.6) is 0 Å². The molecule has 2 heterocycles. The van der Waals surface area contributed by atoms with E-state index in [1.165, 1.54) is 41.5 Å². The van der Waals surface area contributed by atoms with E-state index >= 15 is 0 Å². The van der Waals surface area contributed by atoms with Gasteiger partial charge in [0.2, 0.25) is 5.52 Å². The van der Waals surface area contributed by atoms with E-state index in [2.05, 4.69) is 41.8 Å². The zero-order chi connectivity index (χ0) is 9.54. The van der Waals surface area contributed by atoms with Gasteiger partial charge in [0.15, 0.2) is 5.69 Å². The molecule has 1 aromatic carbocycles. The molecule has 0 saturated carbocycles. The maximum atomic E-state index is 2.45. The van der Waals surface area contributed by atoms with Crippen LogP contribution in [0.1, 0.15) is 17.7 Å². The van der Waals surface area contributed by atoms with Crippen LogP contribution in [0.4, 0.5) is 0 Å². The molecule has 0 N–H and O–H groups in total. The summed E-state index contributed by atoms with van der Waals surface area (Å²) in [5, 5.41) is 1.38. The van der Waals surface area contributed by atoms with E-state index in [1.807, 2.05) is 0 Å². The summed E-state index contributed by atoms with van der Waals surface area (Å²) >= 11 is 0. The second-order valence-corrected chi connectivity index (χ2v) is 4.08. The number of benzene rings is 1. The molecule has 0 spiro atoms. The van der Waals surface area contributed by atoms with Crippen molar-refractivity contribution in [2.45, 2.75) is 26.3 Å². The van der Waals surface area contributed by atoms with Crippen molar-refractivity contribution in [3.63, 3.8) is 0 Å². The Balaban J connectivity index is 2.50. The zero-order valence-electron chi connectivity index (χ0n) is 8.46. The fraction of sp³-hybridized carbons (Fsp3) is 0.308. The third kappa shape index (κ3) is 0.985. The second kappa shape index (κ2) is 2.81. The summed E-state index contributed by atoms with van der Waals surface area (Å²) in [6.07, 6.45) is 2.52. The Morgan fingerprint density at radius 2 is 2.07 bits per heavy atom. The van der Waals surface area contributed by atoms with Crippen molar-refractivity contribution in [1.82, 2.24) is 0 Å². The molecule has 0 saturated heterocycles. The Hall–Kier alpha value is -1.37. The summed E-state index contributed by atoms with van der Waals surface area (Å²) in [5.41, 5.74) is 4.35. The molecule has 1 aromatic heterocycles. The first kappa shape index (κ1) is 7.98. The van der Waals surface area contributed by atoms with E-state index < -0.39 is 0 Å². The van der Waals surface area contributed by atoms with Crippen LogP contribution in [-0.4, -0.2) is 0 Å². The van der Waals surface area contributed by atoms with Crippen molar-refractivity contribution in [1.29, 1.82) is 0 Å². The number of hydrogen-bond acceptors (Lipinski definition) is 0. The van der Waals surface area contributed by atoms with Gasteiger partial charge >= 0.3 is 0 Å². The average Bonchev–Trinajstić information content (AvgIpc) is 2.24. The lowest BCUT2D eigenvalue weighted by molar-refractivity contribution is -0.680. The minimum atomic E-state index is 1.18. The molecular formula is C13H14N+. The van der Waals surface area contributed by atoms with E-state index in [0.717, 1.165) is 0 Å². The summed E-state index contributed by atoms with van der Waals surface area (Å²) in [5.74, 6) is 0. The summed E-state index contributed by atoms with van der Waals surface area (Å²) in [6.45, 7) is 3.38. The molecule has 1 aliphatic rings. The number of para-hydroxylation sites is 1. The SMILES string of the molecule is Cc1ccc2cccc3c2[n+]1CCC3. The minimum absolute atomic E-state index is 1.18. The first-order chi connectivity index (χ1) is 6.86. The lowest BCUT2D eigenvalue weighted by Crippen LogP contribution is -2.41. The number of rotatable bonds is 0. The number of pyridine rings is 1. The van der Waals surface area contributed by atoms with Gasteiger partial charge in [-0.2, -0.15) is 4.57 Å². The summed E-state index contributed by atoms with van der Waals surface area (Å²) in [7, 11) is 0. The van der Waals surface area contributed by atoms with Crippen LogP contribution in [0.3, 0.4) is 0 Å². The number of hydrogen-bond donors (Lipinski definition) is 0. The van der Waals surface area contributed by atoms with Gasteiger partial charge in [0.25, 0.3) is 0 Å². The van der Waals surface area contributed by atoms with Crippen molar-refractivity contribution in [3.05, 3.63) is 41.6 Å². The van der Waals surface area contributed by atoms with Gasteiger partial charge in [0.1, 0.15) is 6.54 Å². The lowest BCUT2D eigenvalue weighted by atomic mass is 10.0. The average molecular weight is 184 g/mol. The Bertz CT molecular complexity index is 500. The van der Waals surface area contributed by atoms with Crippen LogP contribution in [0, 0.1) is 6.92 Å². The molecule has 0 aliphatic carbocycles. The highest BCUT2D eigenvalue weighted by Crippen LogP contribution is 2.20. The van der Waals surface area contributed by atoms with Gasteiger partial charge in [-0.3, -0.25) is 0 Å². The van der Waals surface area contributed by atoms with Crippen LogP contribution < -0.4 is 4.57 Å². The molecule has 0 bridgehead atoms. The molecule has 0 radical (unpaired) electrons. The molecule has 3 rings (SSSR count). The fourth-order valence-corrected chi connectivity index (χ4v) is 2.47. The van der Waals surface area contributed by atoms with Crippen LogP contribution in [0.2, 0.25) is 0 Å². The van der Waals surface area contributed by atoms with Gasteiger partial charge in [-0.1, -0.05) is 12.1 Å². The number of aromatic nitrogens is 1. The molecule has 0 atom stereocenters. The maximum absolute atomic E-state index is 2.45. The van der Waals surface area contributed by atoms with Gasteiger partial charge in [-0.15, -0.1) is 0 Å². The molecule has 0 amide bonds. The quantitative estimate of drug-likeness (QED) is 0.553. The second-order valence-electron chi connectivity index (χ2n) is 4.08. The highest BCUT2D eigenvalue weighted by molar-refractivity contribution is 5.79. The Kier molecular flexibility index (Phi) is 1.60. The van der Waals surface area contributed by atoms with Crippen LogP contribution in [-0.2, 0) is 13.0 Å². The van der Waals surface area contributed by atoms with Crippen molar-refractivity contribution in [3.8, 4) is 0 Å². The van der Waals surface area contributed by atoms with Crippen molar-refractivity contribution in [2.75, 3.05) is 0 Å². The van der Waals surface area contributed by atoms with E-state index in [0.29, 0.717) is 0 Å². The Labute approximate surface area is 84.0 Å². The minimum Gasteiger partial charge on any atom is -0.196 e. The molecule has 1 heteroatoms. The summed E-state index contributed by atoms with van der Waals surface area (Å²) in [6, 6.07) is 11.1. The molecule has 2 aromatic rings. The maximum Gasteiger partial charge on any atom is 0.215 e. The Morgan fingerprint density at radius 3 is 3.00 bits per heavy atom. The van der Waals surface area contributed by atoms with Crippen LogP contribution >= 0.6 is 0 Å². The van der Waals surface area contributed by atoms with Gasteiger partial charge < -0.3 is 0 Å². The standard InChI is InChI=1S/C13H14N/c1-10-7-8-12-5-2-4-11-6-3-9-14(10)13(11)12/h2,4-5,7-8H,3,6,9H2,1H3/q+1. The highest BCUT2D eigenvalue weighted by Gasteiger charge is 2.20.